The second kappa shape index (κ2) is 4.77. The van der Waals surface area contributed by atoms with Gasteiger partial charge in [-0.2, -0.15) is 26.3 Å². The van der Waals surface area contributed by atoms with Crippen LogP contribution >= 0.6 is 0 Å². The first kappa shape index (κ1) is 14.8. The number of aliphatic hydroxyl groups is 2. The van der Waals surface area contributed by atoms with Gasteiger partial charge < -0.3 is 10.2 Å². The molecule has 0 fully saturated rings. The largest absolute Gasteiger partial charge is 0.416 e. The van der Waals surface area contributed by atoms with Gasteiger partial charge in [0, 0.05) is 0 Å². The predicted octanol–water partition coefficient (Wildman–Crippen LogP) is 2.71. The first-order chi connectivity index (χ1) is 8.11. The highest BCUT2D eigenvalue weighted by atomic mass is 19.4. The highest BCUT2D eigenvalue weighted by Crippen LogP contribution is 2.38. The molecule has 8 heteroatoms. The molecule has 2 nitrogen and oxygen atoms in total. The maximum atomic E-state index is 12.5. The lowest BCUT2D eigenvalue weighted by Gasteiger charge is -2.17. The first-order valence-electron chi connectivity index (χ1n) is 4.63. The van der Waals surface area contributed by atoms with Gasteiger partial charge in [-0.15, -0.1) is 0 Å². The average molecular weight is 274 g/mol. The van der Waals surface area contributed by atoms with Crippen molar-refractivity contribution in [2.75, 3.05) is 0 Å². The third-order valence-electron chi connectivity index (χ3n) is 2.28. The molecule has 0 spiro atoms. The normalized spacial score (nSPS) is 12.9. The second-order valence-corrected chi connectivity index (χ2v) is 3.48. The van der Waals surface area contributed by atoms with Crippen molar-refractivity contribution in [2.45, 2.75) is 25.6 Å². The molecule has 0 bridgehead atoms. The molecule has 0 aliphatic heterocycles. The summed E-state index contributed by atoms with van der Waals surface area (Å²) in [6, 6.07) is 0.406. The fraction of sp³-hybridized carbons (Fsp3) is 0.400. The first-order valence-corrected chi connectivity index (χ1v) is 4.63. The van der Waals surface area contributed by atoms with Gasteiger partial charge in [-0.1, -0.05) is 0 Å². The van der Waals surface area contributed by atoms with E-state index in [0.717, 1.165) is 0 Å². The molecule has 0 aromatic heterocycles. The molecular weight excluding hydrogens is 266 g/mol. The Morgan fingerprint density at radius 3 is 1.17 bits per heavy atom. The Kier molecular flexibility index (Phi) is 3.92. The van der Waals surface area contributed by atoms with Crippen LogP contribution < -0.4 is 0 Å². The Morgan fingerprint density at radius 1 is 0.722 bits per heavy atom. The average Bonchev–Trinajstić information content (AvgIpc) is 2.24. The number of hydrogen-bond acceptors (Lipinski definition) is 2. The molecule has 102 valence electrons. The Morgan fingerprint density at radius 2 is 1.00 bits per heavy atom. The van der Waals surface area contributed by atoms with Gasteiger partial charge in [0.25, 0.3) is 0 Å². The second-order valence-electron chi connectivity index (χ2n) is 3.48. The monoisotopic (exact) mass is 274 g/mol. The fourth-order valence-electron chi connectivity index (χ4n) is 1.48. The summed E-state index contributed by atoms with van der Waals surface area (Å²) in [5.74, 6) is 0. The summed E-state index contributed by atoms with van der Waals surface area (Å²) in [5.41, 5.74) is -4.54. The molecule has 2 N–H and O–H groups in total. The van der Waals surface area contributed by atoms with Gasteiger partial charge in [-0.25, -0.2) is 0 Å². The lowest BCUT2D eigenvalue weighted by molar-refractivity contribution is -0.143. The Hall–Kier alpha value is -1.28. The van der Waals surface area contributed by atoms with Crippen LogP contribution in [0, 0.1) is 0 Å². The van der Waals surface area contributed by atoms with E-state index in [0.29, 0.717) is 0 Å². The number of benzene rings is 1. The predicted molar refractivity (Wildman–Crippen MR) is 48.3 cm³/mol. The number of halogens is 6. The van der Waals surface area contributed by atoms with Crippen LogP contribution in [0.15, 0.2) is 12.1 Å². The standard InChI is InChI=1S/C10H8F6O2/c11-9(12,13)7-1-5(3-17)8(10(14,15)16)2-6(7)4-18/h1-2,17-18H,3-4H2. The van der Waals surface area contributed by atoms with E-state index in [1.54, 1.807) is 0 Å². The van der Waals surface area contributed by atoms with E-state index in [-0.39, 0.29) is 12.1 Å². The van der Waals surface area contributed by atoms with Gasteiger partial charge in [0.15, 0.2) is 0 Å². The lowest BCUT2D eigenvalue weighted by atomic mass is 9.98. The summed E-state index contributed by atoms with van der Waals surface area (Å²) in [6.07, 6.45) is -9.79. The van der Waals surface area contributed by atoms with Crippen molar-refractivity contribution in [3.63, 3.8) is 0 Å². The van der Waals surface area contributed by atoms with Crippen LogP contribution in [0.2, 0.25) is 0 Å². The Bertz CT molecular complexity index is 393. The maximum absolute atomic E-state index is 12.5. The smallest absolute Gasteiger partial charge is 0.392 e. The van der Waals surface area contributed by atoms with Gasteiger partial charge in [0.2, 0.25) is 0 Å². The van der Waals surface area contributed by atoms with Crippen molar-refractivity contribution in [1.29, 1.82) is 0 Å². The quantitative estimate of drug-likeness (QED) is 0.814. The summed E-state index contributed by atoms with van der Waals surface area (Å²) in [6.45, 7) is -2.35. The molecule has 0 atom stereocenters. The molecule has 0 aliphatic rings. The van der Waals surface area contributed by atoms with E-state index in [1.807, 2.05) is 0 Å². The van der Waals surface area contributed by atoms with E-state index in [9.17, 15) is 26.3 Å². The zero-order valence-corrected chi connectivity index (χ0v) is 8.73. The SMILES string of the molecule is OCc1cc(C(F)(F)F)c(CO)cc1C(F)(F)F. The van der Waals surface area contributed by atoms with Crippen LogP contribution in [0.1, 0.15) is 22.3 Å². The molecule has 18 heavy (non-hydrogen) atoms. The van der Waals surface area contributed by atoms with E-state index >= 15 is 0 Å². The lowest BCUT2D eigenvalue weighted by Crippen LogP contribution is -2.16. The molecule has 0 unspecified atom stereocenters. The van der Waals surface area contributed by atoms with Crippen molar-refractivity contribution in [3.8, 4) is 0 Å². The third-order valence-corrected chi connectivity index (χ3v) is 2.28. The summed E-state index contributed by atoms with van der Waals surface area (Å²) >= 11 is 0. The van der Waals surface area contributed by atoms with Crippen LogP contribution in [0.3, 0.4) is 0 Å². The minimum atomic E-state index is -4.90. The van der Waals surface area contributed by atoms with Crippen molar-refractivity contribution in [3.05, 3.63) is 34.4 Å². The Labute approximate surface area is 97.5 Å². The highest BCUT2D eigenvalue weighted by molar-refractivity contribution is 5.41. The van der Waals surface area contributed by atoms with Crippen molar-refractivity contribution in [1.82, 2.24) is 0 Å². The maximum Gasteiger partial charge on any atom is 0.416 e. The molecule has 1 rings (SSSR count). The summed E-state index contributed by atoms with van der Waals surface area (Å²) < 4.78 is 75.0. The number of aliphatic hydroxyl groups excluding tert-OH is 2. The summed E-state index contributed by atoms with van der Waals surface area (Å²) in [5, 5.41) is 17.4. The van der Waals surface area contributed by atoms with Crippen LogP contribution in [-0.2, 0) is 25.6 Å². The zero-order valence-electron chi connectivity index (χ0n) is 8.73. The van der Waals surface area contributed by atoms with E-state index in [2.05, 4.69) is 0 Å². The number of hydrogen-bond donors (Lipinski definition) is 2. The minimum absolute atomic E-state index is 0.203. The molecule has 1 aromatic carbocycles. The minimum Gasteiger partial charge on any atom is -0.392 e. The van der Waals surface area contributed by atoms with E-state index in [1.165, 1.54) is 0 Å². The molecule has 0 radical (unpaired) electrons. The van der Waals surface area contributed by atoms with Gasteiger partial charge in [-0.05, 0) is 23.3 Å². The van der Waals surface area contributed by atoms with Crippen molar-refractivity contribution in [2.24, 2.45) is 0 Å². The molecule has 0 aliphatic carbocycles. The molecule has 0 heterocycles. The van der Waals surface area contributed by atoms with Gasteiger partial charge in [0.05, 0.1) is 24.3 Å². The number of alkyl halides is 6. The highest BCUT2D eigenvalue weighted by Gasteiger charge is 2.38. The van der Waals surface area contributed by atoms with E-state index < -0.39 is 47.8 Å². The van der Waals surface area contributed by atoms with Crippen molar-refractivity contribution >= 4 is 0 Å². The van der Waals surface area contributed by atoms with Gasteiger partial charge in [0.1, 0.15) is 0 Å². The summed E-state index contributed by atoms with van der Waals surface area (Å²) in [4.78, 5) is 0. The van der Waals surface area contributed by atoms with Gasteiger partial charge in [-0.3, -0.25) is 0 Å². The van der Waals surface area contributed by atoms with Crippen molar-refractivity contribution < 1.29 is 36.6 Å². The zero-order chi connectivity index (χ0) is 14.1. The van der Waals surface area contributed by atoms with E-state index in [4.69, 9.17) is 10.2 Å². The van der Waals surface area contributed by atoms with Crippen LogP contribution in [-0.4, -0.2) is 10.2 Å². The molecule has 0 saturated carbocycles. The Balaban J connectivity index is 3.52. The van der Waals surface area contributed by atoms with Crippen LogP contribution in [0.25, 0.3) is 0 Å². The van der Waals surface area contributed by atoms with Crippen LogP contribution in [0.5, 0.6) is 0 Å². The van der Waals surface area contributed by atoms with Gasteiger partial charge >= 0.3 is 12.4 Å². The van der Waals surface area contributed by atoms with Crippen LogP contribution in [0.4, 0.5) is 26.3 Å². The summed E-state index contributed by atoms with van der Waals surface area (Å²) in [7, 11) is 0. The topological polar surface area (TPSA) is 40.5 Å². The molecular formula is C10H8F6O2. The molecule has 0 amide bonds. The molecule has 1 aromatic rings. The number of rotatable bonds is 2. The fourth-order valence-corrected chi connectivity index (χ4v) is 1.48. The third kappa shape index (κ3) is 2.94. The molecule has 0 saturated heterocycles.